The van der Waals surface area contributed by atoms with Crippen molar-refractivity contribution in [2.45, 2.75) is 52.4 Å². The van der Waals surface area contributed by atoms with Gasteiger partial charge >= 0.3 is 6.09 Å². The van der Waals surface area contributed by atoms with Gasteiger partial charge in [0.2, 0.25) is 0 Å². The molecular weight excluding hydrogens is 324 g/mol. The van der Waals surface area contributed by atoms with Crippen molar-refractivity contribution in [3.8, 4) is 6.07 Å². The molecule has 1 aromatic rings. The summed E-state index contributed by atoms with van der Waals surface area (Å²) in [5.41, 5.74) is 2.75. The Morgan fingerprint density at radius 2 is 2.04 bits per heavy atom. The highest BCUT2D eigenvalue weighted by Crippen LogP contribution is 2.29. The lowest BCUT2D eigenvalue weighted by Crippen LogP contribution is -2.26. The summed E-state index contributed by atoms with van der Waals surface area (Å²) in [6.07, 6.45) is 9.10. The Morgan fingerprint density at radius 1 is 1.31 bits per heavy atom. The summed E-state index contributed by atoms with van der Waals surface area (Å²) >= 11 is 0. The van der Waals surface area contributed by atoms with E-state index in [4.69, 9.17) is 4.74 Å². The predicted octanol–water partition coefficient (Wildman–Crippen LogP) is 5.67. The van der Waals surface area contributed by atoms with Crippen molar-refractivity contribution in [2.24, 2.45) is 5.92 Å². The third kappa shape index (κ3) is 5.23. The molecule has 1 aromatic carbocycles. The molecule has 2 rings (SSSR count). The van der Waals surface area contributed by atoms with Crippen LogP contribution in [0.5, 0.6) is 0 Å². The molecule has 0 saturated heterocycles. The van der Waals surface area contributed by atoms with Crippen molar-refractivity contribution in [3.63, 3.8) is 0 Å². The molecule has 138 valence electrons. The van der Waals surface area contributed by atoms with Crippen LogP contribution in [0.15, 0.2) is 48.3 Å². The SMILES string of the molecule is CCCCC(CC)COC(=O)N1C=CC(c2ccc(C)cc2)C(C#N)=C1. The fourth-order valence-corrected chi connectivity index (χ4v) is 2.99. The Bertz CT molecular complexity index is 698. The summed E-state index contributed by atoms with van der Waals surface area (Å²) in [4.78, 5) is 13.7. The number of carbonyl (C=O) groups excluding carboxylic acids is 1. The molecule has 0 aliphatic carbocycles. The number of unbranched alkanes of at least 4 members (excludes halogenated alkanes) is 1. The monoisotopic (exact) mass is 352 g/mol. The van der Waals surface area contributed by atoms with Crippen LogP contribution >= 0.6 is 0 Å². The molecule has 4 heteroatoms. The molecule has 1 amide bonds. The molecular formula is C22H28N2O2. The molecule has 2 atom stereocenters. The van der Waals surface area contributed by atoms with Crippen LogP contribution in [0.2, 0.25) is 0 Å². The number of hydrogen-bond acceptors (Lipinski definition) is 3. The number of benzene rings is 1. The molecule has 0 N–H and O–H groups in total. The summed E-state index contributed by atoms with van der Waals surface area (Å²) < 4.78 is 5.46. The average molecular weight is 352 g/mol. The highest BCUT2D eigenvalue weighted by atomic mass is 16.6. The number of nitrogens with zero attached hydrogens (tertiary/aromatic N) is 2. The fraction of sp³-hybridized carbons (Fsp3) is 0.455. The molecule has 1 aliphatic rings. The zero-order chi connectivity index (χ0) is 18.9. The summed E-state index contributed by atoms with van der Waals surface area (Å²) in [5, 5.41) is 9.50. The van der Waals surface area contributed by atoms with Crippen LogP contribution in [0.3, 0.4) is 0 Å². The van der Waals surface area contributed by atoms with Crippen LogP contribution in [0.4, 0.5) is 4.79 Å². The number of allylic oxidation sites excluding steroid dienone is 2. The fourth-order valence-electron chi connectivity index (χ4n) is 2.99. The van der Waals surface area contributed by atoms with Crippen molar-refractivity contribution in [2.75, 3.05) is 6.61 Å². The maximum absolute atomic E-state index is 12.3. The third-order valence-electron chi connectivity index (χ3n) is 4.81. The van der Waals surface area contributed by atoms with Crippen molar-refractivity contribution in [1.29, 1.82) is 5.26 Å². The molecule has 0 aromatic heterocycles. The number of hydrogen-bond donors (Lipinski definition) is 0. The van der Waals surface area contributed by atoms with E-state index in [1.807, 2.05) is 37.3 Å². The van der Waals surface area contributed by atoms with Gasteiger partial charge in [0.1, 0.15) is 0 Å². The number of amides is 1. The van der Waals surface area contributed by atoms with Gasteiger partial charge in [-0.1, -0.05) is 69.0 Å². The zero-order valence-electron chi connectivity index (χ0n) is 15.9. The molecule has 4 nitrogen and oxygen atoms in total. The van der Waals surface area contributed by atoms with Gasteiger partial charge in [-0.3, -0.25) is 4.90 Å². The molecule has 1 aliphatic heterocycles. The second-order valence-electron chi connectivity index (χ2n) is 6.83. The van der Waals surface area contributed by atoms with E-state index in [0.29, 0.717) is 18.1 Å². The topological polar surface area (TPSA) is 53.3 Å². The maximum atomic E-state index is 12.3. The smallest absolute Gasteiger partial charge is 0.417 e. The number of rotatable bonds is 7. The van der Waals surface area contributed by atoms with E-state index in [-0.39, 0.29) is 5.92 Å². The van der Waals surface area contributed by atoms with Gasteiger partial charge in [-0.25, -0.2) is 4.79 Å². The van der Waals surface area contributed by atoms with Crippen LogP contribution in [0.1, 0.15) is 56.6 Å². The lowest BCUT2D eigenvalue weighted by molar-refractivity contribution is 0.106. The summed E-state index contributed by atoms with van der Waals surface area (Å²) in [6, 6.07) is 10.3. The van der Waals surface area contributed by atoms with Gasteiger partial charge in [-0.2, -0.15) is 5.26 Å². The standard InChI is InChI=1S/C22H28N2O2/c1-4-6-7-18(5-2)16-26-22(25)24-13-12-21(20(14-23)15-24)19-10-8-17(3)9-11-19/h8-13,15,18,21H,4-7,16H2,1-3H3. The molecule has 0 radical (unpaired) electrons. The van der Waals surface area contributed by atoms with Gasteiger partial charge in [0.15, 0.2) is 0 Å². The molecule has 0 bridgehead atoms. The molecule has 26 heavy (non-hydrogen) atoms. The second-order valence-corrected chi connectivity index (χ2v) is 6.83. The van der Waals surface area contributed by atoms with Crippen molar-refractivity contribution in [1.82, 2.24) is 4.90 Å². The van der Waals surface area contributed by atoms with Gasteiger partial charge in [-0.05, 0) is 24.8 Å². The largest absolute Gasteiger partial charge is 0.449 e. The highest BCUT2D eigenvalue weighted by Gasteiger charge is 2.22. The third-order valence-corrected chi connectivity index (χ3v) is 4.81. The second kappa shape index (κ2) is 9.82. The Kier molecular flexibility index (Phi) is 7.47. The number of ether oxygens (including phenoxy) is 1. The Hall–Kier alpha value is -2.54. The van der Waals surface area contributed by atoms with Gasteiger partial charge in [-0.15, -0.1) is 0 Å². The van der Waals surface area contributed by atoms with E-state index >= 15 is 0 Å². The molecule has 0 saturated carbocycles. The van der Waals surface area contributed by atoms with Crippen LogP contribution in [-0.4, -0.2) is 17.6 Å². The van der Waals surface area contributed by atoms with E-state index in [9.17, 15) is 10.1 Å². The van der Waals surface area contributed by atoms with Crippen LogP contribution in [0.25, 0.3) is 0 Å². The zero-order valence-corrected chi connectivity index (χ0v) is 15.9. The molecule has 0 spiro atoms. The number of nitriles is 1. The van der Waals surface area contributed by atoms with Crippen LogP contribution < -0.4 is 0 Å². The summed E-state index contributed by atoms with van der Waals surface area (Å²) in [6.45, 7) is 6.74. The first kappa shape index (κ1) is 19.8. The maximum Gasteiger partial charge on any atom is 0.417 e. The lowest BCUT2D eigenvalue weighted by Gasteiger charge is -2.23. The normalized spacial score (nSPS) is 17.4. The first-order chi connectivity index (χ1) is 12.6. The van der Waals surface area contributed by atoms with E-state index in [2.05, 4.69) is 19.9 Å². The minimum atomic E-state index is -0.425. The summed E-state index contributed by atoms with van der Waals surface area (Å²) in [7, 11) is 0. The van der Waals surface area contributed by atoms with Gasteiger partial charge in [0, 0.05) is 18.3 Å². The summed E-state index contributed by atoms with van der Waals surface area (Å²) in [5.74, 6) is 0.269. The quantitative estimate of drug-likeness (QED) is 0.635. The molecule has 1 heterocycles. The minimum absolute atomic E-state index is 0.127. The van der Waals surface area contributed by atoms with Gasteiger partial charge < -0.3 is 4.74 Å². The van der Waals surface area contributed by atoms with E-state index < -0.39 is 6.09 Å². The van der Waals surface area contributed by atoms with Gasteiger partial charge in [0.05, 0.1) is 18.2 Å². The molecule has 2 unspecified atom stereocenters. The number of aryl methyl sites for hydroxylation is 1. The Morgan fingerprint density at radius 3 is 2.65 bits per heavy atom. The van der Waals surface area contributed by atoms with Crippen molar-refractivity contribution < 1.29 is 9.53 Å². The van der Waals surface area contributed by atoms with Crippen LogP contribution in [0, 0.1) is 24.2 Å². The van der Waals surface area contributed by atoms with Crippen molar-refractivity contribution >= 4 is 6.09 Å². The predicted molar refractivity (Wildman–Crippen MR) is 103 cm³/mol. The molecule has 0 fully saturated rings. The Balaban J connectivity index is 2.00. The minimum Gasteiger partial charge on any atom is -0.449 e. The van der Waals surface area contributed by atoms with Crippen LogP contribution in [-0.2, 0) is 4.74 Å². The van der Waals surface area contributed by atoms with Gasteiger partial charge in [0.25, 0.3) is 0 Å². The lowest BCUT2D eigenvalue weighted by atomic mass is 9.90. The average Bonchev–Trinajstić information content (AvgIpc) is 2.68. The Labute approximate surface area is 156 Å². The van der Waals surface area contributed by atoms with Crippen molar-refractivity contribution in [3.05, 3.63) is 59.4 Å². The highest BCUT2D eigenvalue weighted by molar-refractivity contribution is 5.71. The first-order valence-corrected chi connectivity index (χ1v) is 9.40. The first-order valence-electron chi connectivity index (χ1n) is 9.40. The van der Waals surface area contributed by atoms with E-state index in [1.165, 1.54) is 10.5 Å². The number of carbonyl (C=O) groups is 1. The van der Waals surface area contributed by atoms with E-state index in [1.54, 1.807) is 12.4 Å². The van der Waals surface area contributed by atoms with E-state index in [0.717, 1.165) is 31.2 Å².